The molecule has 1 aromatic carbocycles. The molecule has 0 saturated carbocycles. The summed E-state index contributed by atoms with van der Waals surface area (Å²) in [6.07, 6.45) is 2.04. The van der Waals surface area contributed by atoms with Gasteiger partial charge in [0.25, 0.3) is 5.91 Å². The second-order valence-corrected chi connectivity index (χ2v) is 5.65. The van der Waals surface area contributed by atoms with Crippen LogP contribution in [0.2, 0.25) is 0 Å². The maximum Gasteiger partial charge on any atom is 0.251 e. The lowest BCUT2D eigenvalue weighted by Gasteiger charge is -2.34. The maximum atomic E-state index is 12.2. The van der Waals surface area contributed by atoms with Crippen LogP contribution in [0.4, 0.5) is 0 Å². The number of nitrogens with zero attached hydrogens (tertiary/aromatic N) is 1. The fourth-order valence-electron chi connectivity index (χ4n) is 2.62. The molecule has 5 nitrogen and oxygen atoms in total. The number of hydrogen-bond acceptors (Lipinski definition) is 3. The van der Waals surface area contributed by atoms with E-state index in [1.165, 1.54) is 0 Å². The molecule has 2 atom stereocenters. The fraction of sp³-hybridized carbons (Fsp3) is 0.500. The van der Waals surface area contributed by atoms with Crippen LogP contribution in [-0.4, -0.2) is 42.4 Å². The Morgan fingerprint density at radius 2 is 2.10 bits per heavy atom. The summed E-state index contributed by atoms with van der Waals surface area (Å²) < 4.78 is 0. The molecule has 0 aromatic heterocycles. The van der Waals surface area contributed by atoms with Gasteiger partial charge in [-0.05, 0) is 37.8 Å². The second kappa shape index (κ2) is 7.22. The Bertz CT molecular complexity index is 488. The number of carbonyl (C=O) groups is 2. The van der Waals surface area contributed by atoms with E-state index >= 15 is 0 Å². The van der Waals surface area contributed by atoms with E-state index in [0.29, 0.717) is 18.0 Å². The average molecular weight is 289 g/mol. The van der Waals surface area contributed by atoms with E-state index in [2.05, 4.69) is 5.32 Å². The summed E-state index contributed by atoms with van der Waals surface area (Å²) in [7, 11) is 0. The van der Waals surface area contributed by atoms with E-state index in [1.54, 1.807) is 24.3 Å². The van der Waals surface area contributed by atoms with Crippen LogP contribution in [0.5, 0.6) is 0 Å². The zero-order valence-corrected chi connectivity index (χ0v) is 12.4. The summed E-state index contributed by atoms with van der Waals surface area (Å²) in [4.78, 5) is 25.9. The predicted octanol–water partition coefficient (Wildman–Crippen LogP) is 1.00. The standard InChI is InChI=1S/C16H23N3O2/c1-12(17)14-8-5-9-19(11-14)15(20)10-18-16(21)13-6-3-2-4-7-13/h2-4,6-7,12,14H,5,8-11,17H2,1H3,(H,18,21). The van der Waals surface area contributed by atoms with Gasteiger partial charge in [-0.3, -0.25) is 9.59 Å². The van der Waals surface area contributed by atoms with Crippen molar-refractivity contribution in [2.75, 3.05) is 19.6 Å². The summed E-state index contributed by atoms with van der Waals surface area (Å²) in [5.41, 5.74) is 6.49. The summed E-state index contributed by atoms with van der Waals surface area (Å²) in [6.45, 7) is 3.47. The molecule has 2 unspecified atom stereocenters. The van der Waals surface area contributed by atoms with Crippen LogP contribution in [-0.2, 0) is 4.79 Å². The molecule has 1 aromatic rings. The summed E-state index contributed by atoms with van der Waals surface area (Å²) in [5.74, 6) is 0.0989. The van der Waals surface area contributed by atoms with E-state index < -0.39 is 0 Å². The SMILES string of the molecule is CC(N)C1CCCN(C(=O)CNC(=O)c2ccccc2)C1. The number of piperidine rings is 1. The minimum atomic E-state index is -0.218. The lowest BCUT2D eigenvalue weighted by Crippen LogP contribution is -2.48. The number of benzene rings is 1. The molecule has 1 heterocycles. The fourth-order valence-corrected chi connectivity index (χ4v) is 2.62. The third-order valence-electron chi connectivity index (χ3n) is 3.99. The Labute approximate surface area is 125 Å². The summed E-state index contributed by atoms with van der Waals surface area (Å²) in [6, 6.07) is 9.01. The third-order valence-corrected chi connectivity index (χ3v) is 3.99. The van der Waals surface area contributed by atoms with E-state index in [1.807, 2.05) is 17.9 Å². The number of nitrogens with two attached hydrogens (primary N) is 1. The van der Waals surface area contributed by atoms with Crippen molar-refractivity contribution in [3.05, 3.63) is 35.9 Å². The molecule has 1 aliphatic rings. The molecule has 1 aliphatic heterocycles. The minimum absolute atomic E-state index is 0.0374. The Hall–Kier alpha value is -1.88. The second-order valence-electron chi connectivity index (χ2n) is 5.65. The van der Waals surface area contributed by atoms with Crippen LogP contribution in [0.25, 0.3) is 0 Å². The molecule has 0 bridgehead atoms. The van der Waals surface area contributed by atoms with Gasteiger partial charge in [0.1, 0.15) is 0 Å². The van der Waals surface area contributed by atoms with Crippen LogP contribution >= 0.6 is 0 Å². The Kier molecular flexibility index (Phi) is 5.33. The molecular formula is C16H23N3O2. The predicted molar refractivity (Wildman–Crippen MR) is 81.7 cm³/mol. The Morgan fingerprint density at radius 1 is 1.38 bits per heavy atom. The first-order valence-corrected chi connectivity index (χ1v) is 7.44. The normalized spacial score (nSPS) is 19.9. The largest absolute Gasteiger partial charge is 0.343 e. The van der Waals surface area contributed by atoms with Crippen molar-refractivity contribution in [2.45, 2.75) is 25.8 Å². The zero-order valence-electron chi connectivity index (χ0n) is 12.4. The highest BCUT2D eigenvalue weighted by molar-refractivity contribution is 5.96. The first kappa shape index (κ1) is 15.5. The molecule has 114 valence electrons. The quantitative estimate of drug-likeness (QED) is 0.868. The van der Waals surface area contributed by atoms with Crippen LogP contribution in [0.3, 0.4) is 0 Å². The van der Waals surface area contributed by atoms with Gasteiger partial charge in [0.2, 0.25) is 5.91 Å². The van der Waals surface area contributed by atoms with Crippen LogP contribution in [0.15, 0.2) is 30.3 Å². The molecule has 3 N–H and O–H groups in total. The average Bonchev–Trinajstić information content (AvgIpc) is 2.53. The van der Waals surface area contributed by atoms with Crippen molar-refractivity contribution < 1.29 is 9.59 Å². The van der Waals surface area contributed by atoms with Gasteiger partial charge in [-0.15, -0.1) is 0 Å². The lowest BCUT2D eigenvalue weighted by molar-refractivity contribution is -0.132. The lowest BCUT2D eigenvalue weighted by atomic mass is 9.92. The van der Waals surface area contributed by atoms with Crippen molar-refractivity contribution >= 4 is 11.8 Å². The van der Waals surface area contributed by atoms with Crippen LogP contribution < -0.4 is 11.1 Å². The van der Waals surface area contributed by atoms with Crippen LogP contribution in [0.1, 0.15) is 30.1 Å². The number of amides is 2. The Morgan fingerprint density at radius 3 is 2.76 bits per heavy atom. The van der Waals surface area contributed by atoms with Gasteiger partial charge in [-0.1, -0.05) is 18.2 Å². The molecule has 2 rings (SSSR count). The van der Waals surface area contributed by atoms with Gasteiger partial charge < -0.3 is 16.0 Å². The van der Waals surface area contributed by atoms with E-state index in [9.17, 15) is 9.59 Å². The van der Waals surface area contributed by atoms with Crippen molar-refractivity contribution in [3.8, 4) is 0 Å². The molecule has 1 fully saturated rings. The molecule has 5 heteroatoms. The highest BCUT2D eigenvalue weighted by Crippen LogP contribution is 2.18. The minimum Gasteiger partial charge on any atom is -0.343 e. The van der Waals surface area contributed by atoms with Crippen molar-refractivity contribution in [1.29, 1.82) is 0 Å². The van der Waals surface area contributed by atoms with Crippen molar-refractivity contribution in [2.24, 2.45) is 11.7 Å². The van der Waals surface area contributed by atoms with Crippen LogP contribution in [0, 0.1) is 5.92 Å². The summed E-state index contributed by atoms with van der Waals surface area (Å²) >= 11 is 0. The van der Waals surface area contributed by atoms with Crippen molar-refractivity contribution in [3.63, 3.8) is 0 Å². The summed E-state index contributed by atoms with van der Waals surface area (Å²) in [5, 5.41) is 2.68. The first-order valence-electron chi connectivity index (χ1n) is 7.44. The molecule has 2 amide bonds. The van der Waals surface area contributed by atoms with Gasteiger partial charge in [0, 0.05) is 24.7 Å². The first-order chi connectivity index (χ1) is 10.1. The third kappa shape index (κ3) is 4.29. The highest BCUT2D eigenvalue weighted by atomic mass is 16.2. The molecule has 1 saturated heterocycles. The molecular weight excluding hydrogens is 266 g/mol. The van der Waals surface area contributed by atoms with Gasteiger partial charge in [-0.25, -0.2) is 0 Å². The van der Waals surface area contributed by atoms with Crippen molar-refractivity contribution in [1.82, 2.24) is 10.2 Å². The molecule has 0 spiro atoms. The van der Waals surface area contributed by atoms with Gasteiger partial charge in [0.15, 0.2) is 0 Å². The molecule has 21 heavy (non-hydrogen) atoms. The number of nitrogens with one attached hydrogen (secondary N) is 1. The number of rotatable bonds is 4. The van der Waals surface area contributed by atoms with Gasteiger partial charge >= 0.3 is 0 Å². The Balaban J connectivity index is 1.83. The van der Waals surface area contributed by atoms with E-state index in [0.717, 1.165) is 19.4 Å². The molecule has 0 aliphatic carbocycles. The monoisotopic (exact) mass is 289 g/mol. The highest BCUT2D eigenvalue weighted by Gasteiger charge is 2.25. The zero-order chi connectivity index (χ0) is 15.2. The number of likely N-dealkylation sites (tertiary alicyclic amines) is 1. The van der Waals surface area contributed by atoms with Gasteiger partial charge in [0.05, 0.1) is 6.54 Å². The smallest absolute Gasteiger partial charge is 0.251 e. The van der Waals surface area contributed by atoms with Gasteiger partial charge in [-0.2, -0.15) is 0 Å². The maximum absolute atomic E-state index is 12.2. The number of carbonyl (C=O) groups excluding carboxylic acids is 2. The number of hydrogen-bond donors (Lipinski definition) is 2. The molecule has 0 radical (unpaired) electrons. The van der Waals surface area contributed by atoms with E-state index in [4.69, 9.17) is 5.73 Å². The topological polar surface area (TPSA) is 75.4 Å². The van der Waals surface area contributed by atoms with E-state index in [-0.39, 0.29) is 24.4 Å².